The molecule has 0 unspecified atom stereocenters. The minimum Gasteiger partial charge on any atom is -0.466 e. The van der Waals surface area contributed by atoms with Crippen LogP contribution in [-0.2, 0) is 14.3 Å². The molecule has 0 aromatic carbocycles. The van der Waals surface area contributed by atoms with Crippen LogP contribution >= 0.6 is 0 Å². The molecule has 1 atom stereocenters. The van der Waals surface area contributed by atoms with E-state index in [1.54, 1.807) is 19.3 Å². The first-order valence-electron chi connectivity index (χ1n) is 5.98. The Morgan fingerprint density at radius 2 is 2.00 bits per heavy atom. The van der Waals surface area contributed by atoms with E-state index in [4.69, 9.17) is 4.74 Å². The Hall–Kier alpha value is -1.91. The summed E-state index contributed by atoms with van der Waals surface area (Å²) in [6.07, 6.45) is 3.62. The van der Waals surface area contributed by atoms with Crippen molar-refractivity contribution in [3.05, 3.63) is 30.1 Å². The molecular weight excluding hydrogens is 232 g/mol. The van der Waals surface area contributed by atoms with Gasteiger partial charge in [-0.05, 0) is 31.5 Å². The van der Waals surface area contributed by atoms with Gasteiger partial charge < -0.3 is 10.1 Å². The Morgan fingerprint density at radius 3 is 2.61 bits per heavy atom. The highest BCUT2D eigenvalue weighted by molar-refractivity contribution is 5.81. The van der Waals surface area contributed by atoms with Crippen LogP contribution in [-0.4, -0.2) is 23.5 Å². The standard InChI is InChI=1S/C13H18N2O3/c1-3-18-13(17)5-4-12(16)15-10(2)11-6-8-14-9-7-11/h6-10H,3-5H2,1-2H3,(H,15,16)/t10-/m1/s1. The van der Waals surface area contributed by atoms with Gasteiger partial charge in [0.2, 0.25) is 5.91 Å². The predicted molar refractivity (Wildman–Crippen MR) is 66.7 cm³/mol. The van der Waals surface area contributed by atoms with Gasteiger partial charge in [0.05, 0.1) is 19.1 Å². The number of esters is 1. The zero-order valence-electron chi connectivity index (χ0n) is 10.7. The van der Waals surface area contributed by atoms with Gasteiger partial charge in [-0.25, -0.2) is 0 Å². The predicted octanol–water partition coefficient (Wildman–Crippen LogP) is 1.60. The van der Waals surface area contributed by atoms with Crippen LogP contribution in [0.25, 0.3) is 0 Å². The van der Waals surface area contributed by atoms with Crippen LogP contribution in [0.4, 0.5) is 0 Å². The highest BCUT2D eigenvalue weighted by atomic mass is 16.5. The summed E-state index contributed by atoms with van der Waals surface area (Å²) in [4.78, 5) is 26.6. The Bertz CT molecular complexity index is 392. The maximum atomic E-state index is 11.6. The number of pyridine rings is 1. The zero-order valence-corrected chi connectivity index (χ0v) is 10.7. The molecule has 1 N–H and O–H groups in total. The van der Waals surface area contributed by atoms with Crippen molar-refractivity contribution < 1.29 is 14.3 Å². The van der Waals surface area contributed by atoms with Crippen molar-refractivity contribution in [2.45, 2.75) is 32.7 Å². The molecular formula is C13H18N2O3. The SMILES string of the molecule is CCOC(=O)CCC(=O)N[C@H](C)c1ccncc1. The lowest BCUT2D eigenvalue weighted by molar-refractivity contribution is -0.144. The molecule has 1 aromatic rings. The summed E-state index contributed by atoms with van der Waals surface area (Å²) in [5, 5.41) is 2.82. The molecule has 1 amide bonds. The fourth-order valence-corrected chi connectivity index (χ4v) is 1.50. The highest BCUT2D eigenvalue weighted by Crippen LogP contribution is 2.10. The van der Waals surface area contributed by atoms with Gasteiger partial charge in [0.25, 0.3) is 0 Å². The van der Waals surface area contributed by atoms with Gasteiger partial charge in [-0.2, -0.15) is 0 Å². The minimum atomic E-state index is -0.343. The smallest absolute Gasteiger partial charge is 0.306 e. The van der Waals surface area contributed by atoms with E-state index in [9.17, 15) is 9.59 Å². The number of nitrogens with one attached hydrogen (secondary N) is 1. The summed E-state index contributed by atoms with van der Waals surface area (Å²) in [6.45, 7) is 3.97. The first-order valence-corrected chi connectivity index (χ1v) is 5.98. The topological polar surface area (TPSA) is 68.3 Å². The summed E-state index contributed by atoms with van der Waals surface area (Å²) >= 11 is 0. The van der Waals surface area contributed by atoms with Crippen LogP contribution in [0, 0.1) is 0 Å². The van der Waals surface area contributed by atoms with Gasteiger partial charge in [-0.1, -0.05) is 0 Å². The Labute approximate surface area is 107 Å². The molecule has 0 aliphatic rings. The van der Waals surface area contributed by atoms with E-state index >= 15 is 0 Å². The lowest BCUT2D eigenvalue weighted by Crippen LogP contribution is -2.27. The van der Waals surface area contributed by atoms with E-state index in [2.05, 4.69) is 10.3 Å². The number of carbonyl (C=O) groups is 2. The van der Waals surface area contributed by atoms with Crippen molar-refractivity contribution in [2.24, 2.45) is 0 Å². The Balaban J connectivity index is 2.34. The van der Waals surface area contributed by atoms with E-state index < -0.39 is 0 Å². The van der Waals surface area contributed by atoms with E-state index in [1.807, 2.05) is 19.1 Å². The number of carbonyl (C=O) groups excluding carboxylic acids is 2. The summed E-state index contributed by atoms with van der Waals surface area (Å²) in [5.41, 5.74) is 0.981. The van der Waals surface area contributed by atoms with Crippen LogP contribution in [0.15, 0.2) is 24.5 Å². The van der Waals surface area contributed by atoms with Crippen LogP contribution in [0.2, 0.25) is 0 Å². The van der Waals surface area contributed by atoms with Gasteiger partial charge in [0.1, 0.15) is 0 Å². The third-order valence-electron chi connectivity index (χ3n) is 2.45. The van der Waals surface area contributed by atoms with Crippen molar-refractivity contribution in [3.63, 3.8) is 0 Å². The number of nitrogens with zero attached hydrogens (tertiary/aromatic N) is 1. The lowest BCUT2D eigenvalue weighted by atomic mass is 10.1. The molecule has 1 rings (SSSR count). The molecule has 18 heavy (non-hydrogen) atoms. The van der Waals surface area contributed by atoms with Crippen molar-refractivity contribution in [1.82, 2.24) is 10.3 Å². The number of amides is 1. The molecule has 0 bridgehead atoms. The molecule has 1 heterocycles. The van der Waals surface area contributed by atoms with Gasteiger partial charge >= 0.3 is 5.97 Å². The first-order chi connectivity index (χ1) is 8.63. The van der Waals surface area contributed by atoms with E-state index in [-0.39, 0.29) is 30.8 Å². The van der Waals surface area contributed by atoms with E-state index in [0.29, 0.717) is 6.61 Å². The quantitative estimate of drug-likeness (QED) is 0.779. The second-order valence-corrected chi connectivity index (χ2v) is 3.87. The third-order valence-corrected chi connectivity index (χ3v) is 2.45. The van der Waals surface area contributed by atoms with Crippen molar-refractivity contribution >= 4 is 11.9 Å². The molecule has 1 aromatic heterocycles. The van der Waals surface area contributed by atoms with Crippen LogP contribution < -0.4 is 5.32 Å². The van der Waals surface area contributed by atoms with E-state index in [1.165, 1.54) is 0 Å². The van der Waals surface area contributed by atoms with Gasteiger partial charge in [0.15, 0.2) is 0 Å². The van der Waals surface area contributed by atoms with Gasteiger partial charge in [-0.3, -0.25) is 14.6 Å². The number of rotatable bonds is 6. The second kappa shape index (κ2) is 7.42. The molecule has 0 spiro atoms. The van der Waals surface area contributed by atoms with Crippen LogP contribution in [0.1, 0.15) is 38.3 Å². The molecule has 0 aliphatic carbocycles. The molecule has 5 heteroatoms. The van der Waals surface area contributed by atoms with Gasteiger partial charge in [-0.15, -0.1) is 0 Å². The maximum absolute atomic E-state index is 11.6. The molecule has 0 radical (unpaired) electrons. The Morgan fingerprint density at radius 1 is 1.33 bits per heavy atom. The molecule has 0 saturated heterocycles. The summed E-state index contributed by atoms with van der Waals surface area (Å²) in [6, 6.07) is 3.59. The molecule has 0 fully saturated rings. The summed E-state index contributed by atoms with van der Waals surface area (Å²) < 4.78 is 4.75. The summed E-state index contributed by atoms with van der Waals surface area (Å²) in [7, 11) is 0. The third kappa shape index (κ3) is 4.95. The van der Waals surface area contributed by atoms with Crippen molar-refractivity contribution in [3.8, 4) is 0 Å². The molecule has 0 saturated carbocycles. The number of ether oxygens (including phenoxy) is 1. The van der Waals surface area contributed by atoms with Crippen LogP contribution in [0.5, 0.6) is 0 Å². The normalized spacial score (nSPS) is 11.7. The monoisotopic (exact) mass is 250 g/mol. The molecule has 5 nitrogen and oxygen atoms in total. The molecule has 98 valence electrons. The largest absolute Gasteiger partial charge is 0.466 e. The average Bonchev–Trinajstić information content (AvgIpc) is 2.38. The van der Waals surface area contributed by atoms with Gasteiger partial charge in [0, 0.05) is 18.8 Å². The fourth-order valence-electron chi connectivity index (χ4n) is 1.50. The summed E-state index contributed by atoms with van der Waals surface area (Å²) in [5.74, 6) is -0.503. The fraction of sp³-hybridized carbons (Fsp3) is 0.462. The van der Waals surface area contributed by atoms with E-state index in [0.717, 1.165) is 5.56 Å². The Kier molecular flexibility index (Phi) is 5.84. The highest BCUT2D eigenvalue weighted by Gasteiger charge is 2.11. The maximum Gasteiger partial charge on any atom is 0.306 e. The number of aromatic nitrogens is 1. The first kappa shape index (κ1) is 14.2. The minimum absolute atomic E-state index is 0.0947. The zero-order chi connectivity index (χ0) is 13.4. The van der Waals surface area contributed by atoms with Crippen LogP contribution in [0.3, 0.4) is 0 Å². The lowest BCUT2D eigenvalue weighted by Gasteiger charge is -2.13. The molecule has 0 aliphatic heterocycles. The number of hydrogen-bond donors (Lipinski definition) is 1. The van der Waals surface area contributed by atoms with Crippen molar-refractivity contribution in [2.75, 3.05) is 6.61 Å². The second-order valence-electron chi connectivity index (χ2n) is 3.87. The number of hydrogen-bond acceptors (Lipinski definition) is 4. The average molecular weight is 250 g/mol. The van der Waals surface area contributed by atoms with Crippen molar-refractivity contribution in [1.29, 1.82) is 0 Å².